The van der Waals surface area contributed by atoms with E-state index in [0.29, 0.717) is 36.9 Å². The van der Waals surface area contributed by atoms with E-state index in [1.807, 2.05) is 43.3 Å². The second kappa shape index (κ2) is 7.39. The fourth-order valence-corrected chi connectivity index (χ4v) is 4.31. The van der Waals surface area contributed by atoms with E-state index in [1.165, 1.54) is 0 Å². The Bertz CT molecular complexity index is 1270. The SMILES string of the molecule is Cc1c2c(cc3c1O/C(=C\c1ccncc1)C3=O)CN(Cc1ccc3c(c1)OCO3)CO2. The first-order valence-corrected chi connectivity index (χ1v) is 10.4. The van der Waals surface area contributed by atoms with E-state index in [1.54, 1.807) is 18.5 Å². The maximum Gasteiger partial charge on any atom is 0.231 e. The Morgan fingerprint density at radius 1 is 1.03 bits per heavy atom. The van der Waals surface area contributed by atoms with Crippen LogP contribution in [0.15, 0.2) is 54.6 Å². The summed E-state index contributed by atoms with van der Waals surface area (Å²) in [6.45, 7) is 4.03. The lowest BCUT2D eigenvalue weighted by molar-refractivity contribution is 0.0876. The van der Waals surface area contributed by atoms with E-state index < -0.39 is 0 Å². The molecule has 0 atom stereocenters. The lowest BCUT2D eigenvalue weighted by atomic mass is 10.00. The Balaban J connectivity index is 1.26. The Hall–Kier alpha value is -3.84. The van der Waals surface area contributed by atoms with E-state index in [2.05, 4.69) is 9.88 Å². The van der Waals surface area contributed by atoms with Crippen LogP contribution in [-0.2, 0) is 13.1 Å². The second-order valence-electron chi connectivity index (χ2n) is 8.03. The molecule has 0 N–H and O–H groups in total. The van der Waals surface area contributed by atoms with Gasteiger partial charge in [0.1, 0.15) is 18.2 Å². The Kier molecular flexibility index (Phi) is 4.36. The largest absolute Gasteiger partial charge is 0.477 e. The highest BCUT2D eigenvalue weighted by molar-refractivity contribution is 6.15. The summed E-state index contributed by atoms with van der Waals surface area (Å²) < 4.78 is 22.9. The fourth-order valence-electron chi connectivity index (χ4n) is 4.31. The number of pyridine rings is 1. The number of carbonyl (C=O) groups is 1. The second-order valence-corrected chi connectivity index (χ2v) is 8.03. The number of carbonyl (C=O) groups excluding carboxylic acids is 1. The molecule has 3 aliphatic rings. The third-order valence-corrected chi connectivity index (χ3v) is 5.85. The number of ether oxygens (including phenoxy) is 4. The summed E-state index contributed by atoms with van der Waals surface area (Å²) in [5.74, 6) is 3.12. The third kappa shape index (κ3) is 3.18. The number of fused-ring (bicyclic) bond motifs is 3. The van der Waals surface area contributed by atoms with Gasteiger partial charge < -0.3 is 18.9 Å². The molecule has 7 heteroatoms. The van der Waals surface area contributed by atoms with Crippen LogP contribution in [0, 0.1) is 6.92 Å². The minimum atomic E-state index is -0.115. The van der Waals surface area contributed by atoms with Crippen LogP contribution in [0.3, 0.4) is 0 Å². The van der Waals surface area contributed by atoms with Crippen molar-refractivity contribution in [3.63, 3.8) is 0 Å². The Labute approximate surface area is 184 Å². The van der Waals surface area contributed by atoms with Crippen molar-refractivity contribution in [2.24, 2.45) is 0 Å². The molecule has 0 spiro atoms. The van der Waals surface area contributed by atoms with Gasteiger partial charge in [0.25, 0.3) is 0 Å². The highest BCUT2D eigenvalue weighted by Gasteiger charge is 2.33. The molecule has 0 bridgehead atoms. The number of benzene rings is 2. The molecule has 160 valence electrons. The molecule has 0 amide bonds. The molecule has 3 aliphatic heterocycles. The quantitative estimate of drug-likeness (QED) is 0.582. The molecule has 7 nitrogen and oxygen atoms in total. The molecule has 0 saturated carbocycles. The molecule has 32 heavy (non-hydrogen) atoms. The standard InChI is InChI=1S/C25H20N2O5/c1-15-24-18(10-19-23(28)22(32-25(15)19)8-16-4-6-26-7-5-16)12-27(13-29-24)11-17-2-3-20-21(9-17)31-14-30-20/h2-10H,11-14H2,1H3/b22-8-. The molecule has 3 aromatic rings. The number of Topliss-reactive ketones (excluding diaryl/α,β-unsaturated/α-hetero) is 1. The lowest BCUT2D eigenvalue weighted by Gasteiger charge is -2.30. The molecule has 0 radical (unpaired) electrons. The summed E-state index contributed by atoms with van der Waals surface area (Å²) in [6, 6.07) is 11.5. The molecular formula is C25H20N2O5. The topological polar surface area (TPSA) is 70.1 Å². The van der Waals surface area contributed by atoms with E-state index in [9.17, 15) is 4.79 Å². The van der Waals surface area contributed by atoms with Gasteiger partial charge in [-0.05, 0) is 54.5 Å². The number of nitrogens with zero attached hydrogens (tertiary/aromatic N) is 2. The number of allylic oxidation sites excluding steroid dienone is 1. The maximum absolute atomic E-state index is 13.0. The van der Waals surface area contributed by atoms with Crippen LogP contribution in [0.5, 0.6) is 23.0 Å². The molecule has 1 aromatic heterocycles. The maximum atomic E-state index is 13.0. The van der Waals surface area contributed by atoms with Crippen molar-refractivity contribution in [3.05, 3.63) is 82.4 Å². The van der Waals surface area contributed by atoms with E-state index >= 15 is 0 Å². The Morgan fingerprint density at radius 3 is 2.75 bits per heavy atom. The fraction of sp³-hybridized carbons (Fsp3) is 0.200. The molecule has 4 heterocycles. The van der Waals surface area contributed by atoms with Gasteiger partial charge in [0.2, 0.25) is 12.6 Å². The molecular weight excluding hydrogens is 408 g/mol. The first-order valence-electron chi connectivity index (χ1n) is 10.4. The van der Waals surface area contributed by atoms with Gasteiger partial charge in [-0.2, -0.15) is 0 Å². The molecule has 0 unspecified atom stereocenters. The average molecular weight is 428 g/mol. The predicted molar refractivity (Wildman–Crippen MR) is 116 cm³/mol. The van der Waals surface area contributed by atoms with Crippen LogP contribution < -0.4 is 18.9 Å². The minimum absolute atomic E-state index is 0.115. The summed E-state index contributed by atoms with van der Waals surface area (Å²) in [5, 5.41) is 0. The van der Waals surface area contributed by atoms with Crippen LogP contribution in [-0.4, -0.2) is 29.2 Å². The van der Waals surface area contributed by atoms with Crippen molar-refractivity contribution < 1.29 is 23.7 Å². The average Bonchev–Trinajstić information content (AvgIpc) is 3.39. The van der Waals surface area contributed by atoms with E-state index in [4.69, 9.17) is 18.9 Å². The summed E-state index contributed by atoms with van der Waals surface area (Å²) in [6.07, 6.45) is 5.12. The van der Waals surface area contributed by atoms with Crippen LogP contribution in [0.1, 0.15) is 32.6 Å². The number of hydrogen-bond acceptors (Lipinski definition) is 7. The van der Waals surface area contributed by atoms with Crippen LogP contribution >= 0.6 is 0 Å². The third-order valence-electron chi connectivity index (χ3n) is 5.85. The van der Waals surface area contributed by atoms with E-state index in [-0.39, 0.29) is 12.6 Å². The van der Waals surface area contributed by atoms with Crippen LogP contribution in [0.4, 0.5) is 0 Å². The van der Waals surface area contributed by atoms with Gasteiger partial charge in [-0.25, -0.2) is 0 Å². The number of aromatic nitrogens is 1. The zero-order chi connectivity index (χ0) is 21.7. The van der Waals surface area contributed by atoms with Gasteiger partial charge in [0.15, 0.2) is 17.3 Å². The van der Waals surface area contributed by atoms with Gasteiger partial charge >= 0.3 is 0 Å². The first kappa shape index (κ1) is 18.9. The van der Waals surface area contributed by atoms with Crippen LogP contribution in [0.25, 0.3) is 6.08 Å². The monoisotopic (exact) mass is 428 g/mol. The van der Waals surface area contributed by atoms with Gasteiger partial charge in [-0.15, -0.1) is 0 Å². The molecule has 0 aliphatic carbocycles. The summed E-state index contributed by atoms with van der Waals surface area (Å²) in [7, 11) is 0. The lowest BCUT2D eigenvalue weighted by Crippen LogP contribution is -2.32. The van der Waals surface area contributed by atoms with Crippen molar-refractivity contribution >= 4 is 11.9 Å². The predicted octanol–water partition coefficient (Wildman–Crippen LogP) is 4.09. The summed E-state index contributed by atoms with van der Waals surface area (Å²) in [5.41, 5.74) is 4.39. The van der Waals surface area contributed by atoms with Gasteiger partial charge in [0, 0.05) is 36.6 Å². The number of ketones is 1. The Morgan fingerprint density at radius 2 is 1.88 bits per heavy atom. The van der Waals surface area contributed by atoms with E-state index in [0.717, 1.165) is 39.5 Å². The number of hydrogen-bond donors (Lipinski definition) is 0. The van der Waals surface area contributed by atoms with Gasteiger partial charge in [0.05, 0.1) is 5.56 Å². The van der Waals surface area contributed by atoms with Crippen molar-refractivity contribution in [1.82, 2.24) is 9.88 Å². The van der Waals surface area contributed by atoms with Crippen LogP contribution in [0.2, 0.25) is 0 Å². The van der Waals surface area contributed by atoms with Crippen molar-refractivity contribution in [3.8, 4) is 23.0 Å². The van der Waals surface area contributed by atoms with Gasteiger partial charge in [-0.1, -0.05) is 6.07 Å². The molecule has 0 saturated heterocycles. The first-order chi connectivity index (χ1) is 15.7. The zero-order valence-corrected chi connectivity index (χ0v) is 17.5. The molecule has 0 fully saturated rings. The smallest absolute Gasteiger partial charge is 0.231 e. The van der Waals surface area contributed by atoms with Crippen molar-refractivity contribution in [2.45, 2.75) is 20.0 Å². The summed E-state index contributed by atoms with van der Waals surface area (Å²) >= 11 is 0. The zero-order valence-electron chi connectivity index (χ0n) is 17.5. The summed E-state index contributed by atoms with van der Waals surface area (Å²) in [4.78, 5) is 19.2. The molecule has 6 rings (SSSR count). The molecule has 2 aromatic carbocycles. The highest BCUT2D eigenvalue weighted by atomic mass is 16.7. The normalized spacial score (nSPS) is 17.7. The van der Waals surface area contributed by atoms with Crippen molar-refractivity contribution in [2.75, 3.05) is 13.5 Å². The van der Waals surface area contributed by atoms with Crippen molar-refractivity contribution in [1.29, 1.82) is 0 Å². The van der Waals surface area contributed by atoms with Gasteiger partial charge in [-0.3, -0.25) is 14.7 Å². The highest BCUT2D eigenvalue weighted by Crippen LogP contribution is 2.43. The minimum Gasteiger partial charge on any atom is -0.477 e. The number of rotatable bonds is 3.